The second-order valence-corrected chi connectivity index (χ2v) is 11.0. The van der Waals surface area contributed by atoms with E-state index in [0.29, 0.717) is 30.6 Å². The number of halogens is 3. The minimum atomic E-state index is -4.80. The Kier molecular flexibility index (Phi) is 5.88. The molecule has 2 unspecified atom stereocenters. The minimum Gasteiger partial charge on any atom is -0.490 e. The third kappa shape index (κ3) is 3.84. The Balaban J connectivity index is 1.27. The average molecular weight is 542 g/mol. The topological polar surface area (TPSA) is 72.7 Å². The zero-order valence-electron chi connectivity index (χ0n) is 20.7. The maximum absolute atomic E-state index is 13.6. The molecule has 0 radical (unpaired) electrons. The molecular formula is C27H26F3N5O2S. The van der Waals surface area contributed by atoms with Crippen LogP contribution in [-0.2, 0) is 11.0 Å². The van der Waals surface area contributed by atoms with Gasteiger partial charge in [-0.05, 0) is 94.5 Å². The molecule has 1 saturated carbocycles. The molecule has 11 heteroatoms. The molecule has 1 aliphatic carbocycles. The number of hydrogen-bond acceptors (Lipinski definition) is 6. The fourth-order valence-corrected chi connectivity index (χ4v) is 6.88. The fourth-order valence-electron chi connectivity index (χ4n) is 6.41. The highest BCUT2D eigenvalue weighted by Crippen LogP contribution is 2.48. The Hall–Kier alpha value is -3.23. The van der Waals surface area contributed by atoms with Crippen molar-refractivity contribution in [1.29, 1.82) is 5.26 Å². The van der Waals surface area contributed by atoms with E-state index in [4.69, 9.17) is 22.2 Å². The second kappa shape index (κ2) is 8.92. The van der Waals surface area contributed by atoms with Crippen LogP contribution in [0.5, 0.6) is 5.75 Å². The first-order valence-electron chi connectivity index (χ1n) is 12.8. The van der Waals surface area contributed by atoms with Gasteiger partial charge in [0.2, 0.25) is 0 Å². The van der Waals surface area contributed by atoms with Crippen LogP contribution in [0.4, 0.5) is 24.5 Å². The van der Waals surface area contributed by atoms with Gasteiger partial charge in [0.05, 0.1) is 17.4 Å². The molecule has 7 nitrogen and oxygen atoms in total. The molecule has 2 aromatic rings. The number of ether oxygens (including phenoxy) is 1. The number of fused-ring (bicyclic) bond motifs is 2. The van der Waals surface area contributed by atoms with Crippen LogP contribution < -0.4 is 14.5 Å². The summed E-state index contributed by atoms with van der Waals surface area (Å²) < 4.78 is 47.1. The largest absolute Gasteiger partial charge is 0.490 e. The van der Waals surface area contributed by atoms with Crippen LogP contribution in [0, 0.1) is 11.3 Å². The number of nitrogens with zero attached hydrogens (tertiary/aromatic N) is 5. The Bertz CT molecular complexity index is 1320. The highest BCUT2D eigenvalue weighted by Gasteiger charge is 2.59. The van der Waals surface area contributed by atoms with Gasteiger partial charge in [-0.2, -0.15) is 18.4 Å². The maximum atomic E-state index is 13.6. The predicted octanol–water partition coefficient (Wildman–Crippen LogP) is 5.04. The molecule has 3 saturated heterocycles. The van der Waals surface area contributed by atoms with E-state index < -0.39 is 23.0 Å². The number of alkyl halides is 3. The summed E-state index contributed by atoms with van der Waals surface area (Å²) in [4.78, 5) is 22.6. The van der Waals surface area contributed by atoms with Crippen molar-refractivity contribution in [3.63, 3.8) is 0 Å². The molecule has 0 N–H and O–H groups in total. The molecule has 1 amide bonds. The number of benzene rings is 1. The molecule has 1 spiro atoms. The Morgan fingerprint density at radius 3 is 2.34 bits per heavy atom. The van der Waals surface area contributed by atoms with Crippen LogP contribution in [0.15, 0.2) is 36.5 Å². The molecule has 1 aromatic carbocycles. The van der Waals surface area contributed by atoms with Crippen LogP contribution in [0.3, 0.4) is 0 Å². The van der Waals surface area contributed by atoms with Crippen molar-refractivity contribution < 1.29 is 22.7 Å². The van der Waals surface area contributed by atoms with E-state index in [1.54, 1.807) is 4.90 Å². The summed E-state index contributed by atoms with van der Waals surface area (Å²) in [6.07, 6.45) is 2.74. The number of aromatic nitrogens is 1. The van der Waals surface area contributed by atoms with Gasteiger partial charge in [0.15, 0.2) is 10.8 Å². The van der Waals surface area contributed by atoms with Gasteiger partial charge in [-0.15, -0.1) is 0 Å². The highest BCUT2D eigenvalue weighted by atomic mass is 32.1. The highest BCUT2D eigenvalue weighted by molar-refractivity contribution is 7.81. The molecule has 3 aliphatic heterocycles. The van der Waals surface area contributed by atoms with Crippen LogP contribution >= 0.6 is 12.2 Å². The molecule has 4 fully saturated rings. The number of amides is 1. The monoisotopic (exact) mass is 541 g/mol. The molecule has 4 aliphatic rings. The van der Waals surface area contributed by atoms with E-state index in [2.05, 4.69) is 16.9 Å². The number of hydrogen-bond donors (Lipinski definition) is 0. The summed E-state index contributed by atoms with van der Waals surface area (Å²) in [6, 6.07) is 10.8. The quantitative estimate of drug-likeness (QED) is 0.503. The molecule has 38 heavy (non-hydrogen) atoms. The minimum absolute atomic E-state index is 0.0925. The number of piperidine rings is 1. The van der Waals surface area contributed by atoms with E-state index in [1.165, 1.54) is 18.9 Å². The first kappa shape index (κ1) is 25.1. The molecule has 6 rings (SSSR count). The normalized spacial score (nSPS) is 26.6. The zero-order chi connectivity index (χ0) is 26.8. The molecule has 198 valence electrons. The van der Waals surface area contributed by atoms with Crippen molar-refractivity contribution in [2.75, 3.05) is 16.8 Å². The standard InChI is InChI=1S/C27H26F3N5O2S/c1-33-17-3-4-18(33)12-21(11-17)37-20-7-5-16(6-8-20)35-25(38)34(24(36)26(35)9-2-10-26)19-13-22(27(28,29)30)23(14-31)32-15-19/h5-8,13,15,17-18,21H,2-4,9-12H2,1H3/t17-,18?,21?/m1/s1. The van der Waals surface area contributed by atoms with Crippen molar-refractivity contribution in [3.8, 4) is 11.8 Å². The third-order valence-corrected chi connectivity index (χ3v) is 8.95. The van der Waals surface area contributed by atoms with Crippen molar-refractivity contribution in [2.24, 2.45) is 0 Å². The summed E-state index contributed by atoms with van der Waals surface area (Å²) in [6.45, 7) is 0. The van der Waals surface area contributed by atoms with Crippen molar-refractivity contribution >= 4 is 34.6 Å². The summed E-state index contributed by atoms with van der Waals surface area (Å²) >= 11 is 5.68. The number of rotatable bonds is 4. The van der Waals surface area contributed by atoms with Crippen molar-refractivity contribution in [1.82, 2.24) is 9.88 Å². The molecular weight excluding hydrogens is 515 g/mol. The molecule has 2 bridgehead atoms. The number of nitriles is 1. The number of carbonyl (C=O) groups is 1. The Morgan fingerprint density at radius 2 is 1.79 bits per heavy atom. The summed E-state index contributed by atoms with van der Waals surface area (Å²) in [5.41, 5.74) is -2.31. The van der Waals surface area contributed by atoms with Gasteiger partial charge in [0.25, 0.3) is 5.91 Å². The third-order valence-electron chi connectivity index (χ3n) is 8.59. The van der Waals surface area contributed by atoms with E-state index >= 15 is 0 Å². The van der Waals surface area contributed by atoms with E-state index in [1.807, 2.05) is 24.3 Å². The van der Waals surface area contributed by atoms with Gasteiger partial charge in [0.1, 0.15) is 23.5 Å². The van der Waals surface area contributed by atoms with E-state index in [-0.39, 0.29) is 22.8 Å². The summed E-state index contributed by atoms with van der Waals surface area (Å²) in [5.74, 6) is 0.361. The Labute approximate surface area is 223 Å². The number of anilines is 2. The van der Waals surface area contributed by atoms with Gasteiger partial charge in [-0.3, -0.25) is 9.69 Å². The lowest BCUT2D eigenvalue weighted by atomic mass is 9.75. The van der Waals surface area contributed by atoms with Gasteiger partial charge in [-0.25, -0.2) is 4.98 Å². The van der Waals surface area contributed by atoms with E-state index in [9.17, 15) is 18.0 Å². The first-order valence-corrected chi connectivity index (χ1v) is 13.2. The number of carbonyl (C=O) groups excluding carboxylic acids is 1. The van der Waals surface area contributed by atoms with Crippen molar-refractivity contribution in [2.45, 2.75) is 74.8 Å². The average Bonchev–Trinajstić information content (AvgIpc) is 3.20. The molecule has 4 heterocycles. The lowest BCUT2D eigenvalue weighted by Gasteiger charge is -2.43. The SMILES string of the molecule is CN1C2CC[C@@H]1CC(Oc1ccc(N3C(=S)N(c4cnc(C#N)c(C(F)(F)F)c4)C(=O)C34CCC4)cc1)C2. The van der Waals surface area contributed by atoms with Gasteiger partial charge < -0.3 is 14.5 Å². The van der Waals surface area contributed by atoms with Crippen molar-refractivity contribution in [3.05, 3.63) is 47.8 Å². The number of thiocarbonyl (C=S) groups is 1. The predicted molar refractivity (Wildman–Crippen MR) is 138 cm³/mol. The number of pyridine rings is 1. The zero-order valence-corrected chi connectivity index (χ0v) is 21.6. The van der Waals surface area contributed by atoms with Gasteiger partial charge in [0, 0.05) is 17.8 Å². The summed E-state index contributed by atoms with van der Waals surface area (Å²) in [5, 5.41) is 9.18. The van der Waals surface area contributed by atoms with Crippen LogP contribution in [0.2, 0.25) is 0 Å². The van der Waals surface area contributed by atoms with Crippen LogP contribution in [0.1, 0.15) is 56.2 Å². The smallest absolute Gasteiger partial charge is 0.419 e. The van der Waals surface area contributed by atoms with Gasteiger partial charge in [-0.1, -0.05) is 0 Å². The summed E-state index contributed by atoms with van der Waals surface area (Å²) in [7, 11) is 2.19. The van der Waals surface area contributed by atoms with Crippen LogP contribution in [-0.4, -0.2) is 51.7 Å². The lowest BCUT2D eigenvalue weighted by Crippen LogP contribution is -2.55. The van der Waals surface area contributed by atoms with E-state index in [0.717, 1.165) is 42.2 Å². The second-order valence-electron chi connectivity index (χ2n) is 10.6. The maximum Gasteiger partial charge on any atom is 0.419 e. The van der Waals surface area contributed by atoms with Crippen LogP contribution in [0.25, 0.3) is 0 Å². The Morgan fingerprint density at radius 1 is 1.13 bits per heavy atom. The molecule has 1 aromatic heterocycles. The first-order chi connectivity index (χ1) is 18.1. The lowest BCUT2D eigenvalue weighted by molar-refractivity contribution is -0.138. The van der Waals surface area contributed by atoms with Gasteiger partial charge >= 0.3 is 6.18 Å². The fraction of sp³-hybridized carbons (Fsp3) is 0.481. The molecule has 3 atom stereocenters.